The van der Waals surface area contributed by atoms with Crippen molar-refractivity contribution in [1.29, 1.82) is 0 Å². The number of benzene rings is 1. The first-order chi connectivity index (χ1) is 10.6. The maximum atomic E-state index is 12.3. The average Bonchev–Trinajstić information content (AvgIpc) is 2.54. The van der Waals surface area contributed by atoms with Crippen molar-refractivity contribution >= 4 is 5.91 Å². The Morgan fingerprint density at radius 3 is 2.64 bits per heavy atom. The van der Waals surface area contributed by atoms with E-state index in [4.69, 9.17) is 4.74 Å². The molecule has 116 valence electrons. The lowest BCUT2D eigenvalue weighted by Crippen LogP contribution is -2.37. The fraction of sp³-hybridized carbons (Fsp3) is 0.333. The molecular weight excluding hydrogens is 276 g/mol. The van der Waals surface area contributed by atoms with Crippen molar-refractivity contribution < 1.29 is 9.53 Å². The lowest BCUT2D eigenvalue weighted by molar-refractivity contribution is -0.128. The van der Waals surface area contributed by atoms with Gasteiger partial charge in [-0.05, 0) is 55.2 Å². The molecule has 0 saturated heterocycles. The van der Waals surface area contributed by atoms with Crippen LogP contribution in [-0.2, 0) is 11.3 Å². The minimum absolute atomic E-state index is 0.0970. The summed E-state index contributed by atoms with van der Waals surface area (Å²) in [5, 5.41) is 2.91. The number of rotatable bonds is 6. The first kappa shape index (κ1) is 16.0. The van der Waals surface area contributed by atoms with Crippen LogP contribution in [0.4, 0.5) is 0 Å². The van der Waals surface area contributed by atoms with Crippen LogP contribution < -0.4 is 10.1 Å². The average molecular weight is 298 g/mol. The number of carbonyl (C=O) groups excluding carboxylic acids is 1. The zero-order valence-corrected chi connectivity index (χ0v) is 13.3. The summed E-state index contributed by atoms with van der Waals surface area (Å²) in [5.41, 5.74) is 3.17. The zero-order valence-electron chi connectivity index (χ0n) is 13.3. The van der Waals surface area contributed by atoms with Crippen molar-refractivity contribution in [2.45, 2.75) is 39.8 Å². The molecule has 1 heterocycles. The highest BCUT2D eigenvalue weighted by Gasteiger charge is 2.18. The normalized spacial score (nSPS) is 11.8. The van der Waals surface area contributed by atoms with Crippen LogP contribution in [0.1, 0.15) is 30.0 Å². The third-order valence-electron chi connectivity index (χ3n) is 3.49. The Kier molecular flexibility index (Phi) is 5.53. The molecule has 1 atom stereocenters. The Morgan fingerprint density at radius 1 is 1.23 bits per heavy atom. The second-order valence-electron chi connectivity index (χ2n) is 5.36. The standard InChI is InChI=1S/C18H22N2O2/c1-4-16(22-17-11-13(2)5-6-14(17)3)18(21)20-12-15-7-9-19-10-8-15/h5-11,16H,4,12H2,1-3H3,(H,20,21). The molecule has 1 aromatic carbocycles. The van der Waals surface area contributed by atoms with Gasteiger partial charge in [0.05, 0.1) is 0 Å². The van der Waals surface area contributed by atoms with E-state index in [0.29, 0.717) is 13.0 Å². The molecule has 1 aromatic heterocycles. The first-order valence-corrected chi connectivity index (χ1v) is 7.50. The van der Waals surface area contributed by atoms with Crippen molar-refractivity contribution in [3.05, 3.63) is 59.4 Å². The van der Waals surface area contributed by atoms with E-state index >= 15 is 0 Å². The smallest absolute Gasteiger partial charge is 0.261 e. The molecule has 22 heavy (non-hydrogen) atoms. The fourth-order valence-electron chi connectivity index (χ4n) is 2.11. The molecular formula is C18H22N2O2. The Balaban J connectivity index is 1.98. The highest BCUT2D eigenvalue weighted by atomic mass is 16.5. The summed E-state index contributed by atoms with van der Waals surface area (Å²) in [6.07, 6.45) is 3.56. The quantitative estimate of drug-likeness (QED) is 0.891. The monoisotopic (exact) mass is 298 g/mol. The van der Waals surface area contributed by atoms with Gasteiger partial charge in [0.25, 0.3) is 5.91 Å². The van der Waals surface area contributed by atoms with Gasteiger partial charge < -0.3 is 10.1 Å². The van der Waals surface area contributed by atoms with Crippen molar-refractivity contribution in [2.75, 3.05) is 0 Å². The molecule has 0 aliphatic rings. The number of nitrogens with zero attached hydrogens (tertiary/aromatic N) is 1. The molecule has 1 N–H and O–H groups in total. The second kappa shape index (κ2) is 7.59. The summed E-state index contributed by atoms with van der Waals surface area (Å²) in [6.45, 7) is 6.42. The van der Waals surface area contributed by atoms with Gasteiger partial charge in [0.2, 0.25) is 0 Å². The van der Waals surface area contributed by atoms with Crippen molar-refractivity contribution in [3.63, 3.8) is 0 Å². The number of aromatic nitrogens is 1. The van der Waals surface area contributed by atoms with E-state index in [1.807, 2.05) is 51.1 Å². The van der Waals surface area contributed by atoms with Gasteiger partial charge in [-0.1, -0.05) is 19.1 Å². The van der Waals surface area contributed by atoms with Crippen LogP contribution in [0.2, 0.25) is 0 Å². The van der Waals surface area contributed by atoms with Gasteiger partial charge in [-0.15, -0.1) is 0 Å². The largest absolute Gasteiger partial charge is 0.480 e. The summed E-state index contributed by atoms with van der Waals surface area (Å²) in [7, 11) is 0. The van der Waals surface area contributed by atoms with Crippen molar-refractivity contribution in [3.8, 4) is 5.75 Å². The van der Waals surface area contributed by atoms with Gasteiger partial charge in [0.1, 0.15) is 5.75 Å². The number of carbonyl (C=O) groups is 1. The summed E-state index contributed by atoms with van der Waals surface area (Å²) >= 11 is 0. The molecule has 2 rings (SSSR count). The van der Waals surface area contributed by atoms with Gasteiger partial charge in [-0.3, -0.25) is 9.78 Å². The van der Waals surface area contributed by atoms with Crippen molar-refractivity contribution in [2.24, 2.45) is 0 Å². The summed E-state index contributed by atoms with van der Waals surface area (Å²) in [4.78, 5) is 16.3. The van der Waals surface area contributed by atoms with E-state index < -0.39 is 6.10 Å². The van der Waals surface area contributed by atoms with E-state index in [1.54, 1.807) is 12.4 Å². The van der Waals surface area contributed by atoms with Gasteiger partial charge in [-0.25, -0.2) is 0 Å². The van der Waals surface area contributed by atoms with E-state index in [0.717, 1.165) is 22.4 Å². The highest BCUT2D eigenvalue weighted by molar-refractivity contribution is 5.81. The molecule has 0 aliphatic carbocycles. The summed E-state index contributed by atoms with van der Waals surface area (Å²) < 4.78 is 5.90. The van der Waals surface area contributed by atoms with Gasteiger partial charge in [-0.2, -0.15) is 0 Å². The number of amides is 1. The van der Waals surface area contributed by atoms with E-state index in [-0.39, 0.29) is 5.91 Å². The molecule has 0 bridgehead atoms. The molecule has 4 heteroatoms. The van der Waals surface area contributed by atoms with Crippen LogP contribution in [0.3, 0.4) is 0 Å². The molecule has 0 fully saturated rings. The van der Waals surface area contributed by atoms with Crippen LogP contribution >= 0.6 is 0 Å². The molecule has 0 saturated carbocycles. The molecule has 4 nitrogen and oxygen atoms in total. The topological polar surface area (TPSA) is 51.2 Å². The Morgan fingerprint density at radius 2 is 1.95 bits per heavy atom. The van der Waals surface area contributed by atoms with Gasteiger partial charge >= 0.3 is 0 Å². The van der Waals surface area contributed by atoms with Crippen LogP contribution in [0.15, 0.2) is 42.7 Å². The third-order valence-corrected chi connectivity index (χ3v) is 3.49. The maximum Gasteiger partial charge on any atom is 0.261 e. The third kappa shape index (κ3) is 4.32. The Bertz CT molecular complexity index is 626. The number of ether oxygens (including phenoxy) is 1. The Labute approximate surface area is 131 Å². The highest BCUT2D eigenvalue weighted by Crippen LogP contribution is 2.21. The fourth-order valence-corrected chi connectivity index (χ4v) is 2.11. The molecule has 0 spiro atoms. The Hall–Kier alpha value is -2.36. The lowest BCUT2D eigenvalue weighted by atomic mass is 10.1. The van der Waals surface area contributed by atoms with Crippen LogP contribution in [-0.4, -0.2) is 17.0 Å². The first-order valence-electron chi connectivity index (χ1n) is 7.50. The van der Waals surface area contributed by atoms with E-state index in [2.05, 4.69) is 10.3 Å². The summed E-state index contributed by atoms with van der Waals surface area (Å²) in [6, 6.07) is 9.77. The van der Waals surface area contributed by atoms with E-state index in [1.165, 1.54) is 0 Å². The van der Waals surface area contributed by atoms with Crippen molar-refractivity contribution in [1.82, 2.24) is 10.3 Å². The molecule has 1 unspecified atom stereocenters. The number of aryl methyl sites for hydroxylation is 2. The predicted octanol–water partition coefficient (Wildman–Crippen LogP) is 3.17. The minimum Gasteiger partial charge on any atom is -0.480 e. The van der Waals surface area contributed by atoms with Crippen LogP contribution in [0.5, 0.6) is 5.75 Å². The van der Waals surface area contributed by atoms with Crippen LogP contribution in [0, 0.1) is 13.8 Å². The zero-order chi connectivity index (χ0) is 15.9. The molecule has 0 aliphatic heterocycles. The number of pyridine rings is 1. The maximum absolute atomic E-state index is 12.3. The molecule has 0 radical (unpaired) electrons. The van der Waals surface area contributed by atoms with Gasteiger partial charge in [0, 0.05) is 18.9 Å². The molecule has 2 aromatic rings. The molecule has 1 amide bonds. The number of hydrogen-bond acceptors (Lipinski definition) is 3. The number of hydrogen-bond donors (Lipinski definition) is 1. The SMILES string of the molecule is CCC(Oc1cc(C)ccc1C)C(=O)NCc1ccncc1. The van der Waals surface area contributed by atoms with E-state index in [9.17, 15) is 4.79 Å². The predicted molar refractivity (Wildman–Crippen MR) is 86.7 cm³/mol. The van der Waals surface area contributed by atoms with Crippen LogP contribution in [0.25, 0.3) is 0 Å². The van der Waals surface area contributed by atoms with Gasteiger partial charge in [0.15, 0.2) is 6.10 Å². The summed E-state index contributed by atoms with van der Waals surface area (Å²) in [5.74, 6) is 0.672. The minimum atomic E-state index is -0.484. The second-order valence-corrected chi connectivity index (χ2v) is 5.36. The lowest BCUT2D eigenvalue weighted by Gasteiger charge is -2.19. The number of nitrogens with one attached hydrogen (secondary N) is 1.